The highest BCUT2D eigenvalue weighted by Crippen LogP contribution is 2.24. The fraction of sp³-hybridized carbons (Fsp3) is 0.444. The number of nitrogens with one attached hydrogen (secondary N) is 1. The van der Waals surface area contributed by atoms with Crippen molar-refractivity contribution in [3.8, 4) is 0 Å². The van der Waals surface area contributed by atoms with Crippen LogP contribution in [-0.2, 0) is 27.2 Å². The van der Waals surface area contributed by atoms with Gasteiger partial charge in [-0.15, -0.1) is 0 Å². The number of aryl methyl sites for hydroxylation is 2. The van der Waals surface area contributed by atoms with E-state index >= 15 is 0 Å². The van der Waals surface area contributed by atoms with Crippen molar-refractivity contribution in [2.24, 2.45) is 14.1 Å². The van der Waals surface area contributed by atoms with Crippen LogP contribution in [-0.4, -0.2) is 53.2 Å². The van der Waals surface area contributed by atoms with Crippen LogP contribution in [0.5, 0.6) is 0 Å². The molecule has 1 aliphatic heterocycles. The van der Waals surface area contributed by atoms with Crippen molar-refractivity contribution in [3.63, 3.8) is 0 Å². The Balaban J connectivity index is 1.38. The number of hydrogen-bond donors (Lipinski definition) is 1. The monoisotopic (exact) mass is 368 g/mol. The predicted octanol–water partition coefficient (Wildman–Crippen LogP) is 0.727. The van der Waals surface area contributed by atoms with E-state index in [1.807, 2.05) is 24.1 Å². The SMILES string of the molecule is Cn1cc(CN2Cc3ccnn3C(CCNC(=O)c3ccnn3C)C2)cn1. The summed E-state index contributed by atoms with van der Waals surface area (Å²) in [4.78, 5) is 14.7. The van der Waals surface area contributed by atoms with E-state index in [9.17, 15) is 4.79 Å². The van der Waals surface area contributed by atoms with E-state index in [-0.39, 0.29) is 11.9 Å². The molecule has 1 aliphatic rings. The minimum Gasteiger partial charge on any atom is -0.351 e. The lowest BCUT2D eigenvalue weighted by Gasteiger charge is -2.33. The summed E-state index contributed by atoms with van der Waals surface area (Å²) in [7, 11) is 3.70. The smallest absolute Gasteiger partial charge is 0.269 e. The Morgan fingerprint density at radius 1 is 1.22 bits per heavy atom. The van der Waals surface area contributed by atoms with Crippen LogP contribution < -0.4 is 5.32 Å². The molecule has 3 aromatic rings. The molecule has 4 heterocycles. The molecule has 1 atom stereocenters. The first-order chi connectivity index (χ1) is 13.1. The van der Waals surface area contributed by atoms with Crippen LogP contribution in [0.25, 0.3) is 0 Å². The summed E-state index contributed by atoms with van der Waals surface area (Å²) < 4.78 is 5.50. The Morgan fingerprint density at radius 3 is 2.81 bits per heavy atom. The van der Waals surface area contributed by atoms with Gasteiger partial charge in [0.05, 0.1) is 17.9 Å². The maximum Gasteiger partial charge on any atom is 0.269 e. The molecular weight excluding hydrogens is 344 g/mol. The average Bonchev–Trinajstić information content (AvgIpc) is 3.36. The number of amides is 1. The van der Waals surface area contributed by atoms with Gasteiger partial charge in [-0.05, 0) is 18.6 Å². The summed E-state index contributed by atoms with van der Waals surface area (Å²) >= 11 is 0. The molecule has 142 valence electrons. The van der Waals surface area contributed by atoms with Gasteiger partial charge in [-0.2, -0.15) is 15.3 Å². The van der Waals surface area contributed by atoms with Crippen LogP contribution in [0.1, 0.15) is 34.2 Å². The average molecular weight is 368 g/mol. The molecule has 0 bridgehead atoms. The molecule has 1 amide bonds. The van der Waals surface area contributed by atoms with E-state index in [2.05, 4.69) is 42.5 Å². The molecule has 9 nitrogen and oxygen atoms in total. The van der Waals surface area contributed by atoms with Gasteiger partial charge in [-0.1, -0.05) is 0 Å². The third-order valence-corrected chi connectivity index (χ3v) is 4.93. The van der Waals surface area contributed by atoms with Crippen LogP contribution in [0.15, 0.2) is 36.9 Å². The molecule has 0 saturated carbocycles. The van der Waals surface area contributed by atoms with Gasteiger partial charge < -0.3 is 5.32 Å². The first-order valence-electron chi connectivity index (χ1n) is 9.08. The number of nitrogens with zero attached hydrogens (tertiary/aromatic N) is 7. The largest absolute Gasteiger partial charge is 0.351 e. The summed E-state index contributed by atoms with van der Waals surface area (Å²) in [5, 5.41) is 15.8. The van der Waals surface area contributed by atoms with Gasteiger partial charge in [0, 0.05) is 64.4 Å². The zero-order chi connectivity index (χ0) is 18.8. The molecule has 0 fully saturated rings. The normalized spacial score (nSPS) is 17.0. The molecule has 27 heavy (non-hydrogen) atoms. The fourth-order valence-electron chi connectivity index (χ4n) is 3.65. The minimum atomic E-state index is -0.0984. The Kier molecular flexibility index (Phi) is 4.76. The maximum absolute atomic E-state index is 12.3. The van der Waals surface area contributed by atoms with Crippen molar-refractivity contribution in [1.29, 1.82) is 0 Å². The van der Waals surface area contributed by atoms with Crippen molar-refractivity contribution in [1.82, 2.24) is 39.6 Å². The second-order valence-electron chi connectivity index (χ2n) is 7.00. The predicted molar refractivity (Wildman–Crippen MR) is 98.7 cm³/mol. The van der Waals surface area contributed by atoms with Crippen LogP contribution in [0, 0.1) is 0 Å². The summed E-state index contributed by atoms with van der Waals surface area (Å²) in [6.45, 7) is 3.21. The lowest BCUT2D eigenvalue weighted by molar-refractivity contribution is 0.0937. The molecule has 9 heteroatoms. The van der Waals surface area contributed by atoms with E-state index in [4.69, 9.17) is 0 Å². The lowest BCUT2D eigenvalue weighted by Crippen LogP contribution is -2.39. The van der Waals surface area contributed by atoms with Gasteiger partial charge >= 0.3 is 0 Å². The molecule has 1 unspecified atom stereocenters. The lowest BCUT2D eigenvalue weighted by atomic mass is 10.1. The zero-order valence-corrected chi connectivity index (χ0v) is 15.6. The highest BCUT2D eigenvalue weighted by molar-refractivity contribution is 5.92. The molecule has 3 aromatic heterocycles. The number of fused-ring (bicyclic) bond motifs is 1. The minimum absolute atomic E-state index is 0.0984. The number of carbonyl (C=O) groups is 1. The second kappa shape index (κ2) is 7.36. The molecule has 0 radical (unpaired) electrons. The summed E-state index contributed by atoms with van der Waals surface area (Å²) in [5.41, 5.74) is 2.97. The molecule has 0 saturated heterocycles. The molecule has 0 aliphatic carbocycles. The third-order valence-electron chi connectivity index (χ3n) is 4.93. The molecule has 0 aromatic carbocycles. The maximum atomic E-state index is 12.3. The van der Waals surface area contributed by atoms with Crippen LogP contribution in [0.4, 0.5) is 0 Å². The van der Waals surface area contributed by atoms with Gasteiger partial charge in [0.15, 0.2) is 0 Å². The molecular formula is C18H24N8O. The number of aromatic nitrogens is 6. The van der Waals surface area contributed by atoms with E-state index in [1.165, 1.54) is 11.3 Å². The number of rotatable bonds is 6. The quantitative estimate of drug-likeness (QED) is 0.693. The second-order valence-corrected chi connectivity index (χ2v) is 7.00. The van der Waals surface area contributed by atoms with Gasteiger partial charge in [-0.25, -0.2) is 0 Å². The molecule has 4 rings (SSSR count). The topological polar surface area (TPSA) is 85.8 Å². The highest BCUT2D eigenvalue weighted by atomic mass is 16.2. The van der Waals surface area contributed by atoms with Crippen LogP contribution in [0.3, 0.4) is 0 Å². The van der Waals surface area contributed by atoms with Gasteiger partial charge in [-0.3, -0.25) is 23.7 Å². The standard InChI is InChI=1S/C18H24N8O/c1-23-10-14(9-22-23)11-25-12-15(26-16(13-25)4-7-21-26)3-6-19-18(27)17-5-8-20-24(17)2/h4-5,7-10,15H,3,6,11-13H2,1-2H3,(H,19,27). The van der Waals surface area contributed by atoms with Gasteiger partial charge in [0.1, 0.15) is 5.69 Å². The number of hydrogen-bond acceptors (Lipinski definition) is 5. The molecule has 0 spiro atoms. The summed E-state index contributed by atoms with van der Waals surface area (Å²) in [5.74, 6) is -0.0984. The Bertz CT molecular complexity index is 923. The Hall–Kier alpha value is -2.94. The Labute approximate surface area is 157 Å². The third kappa shape index (κ3) is 3.77. The van der Waals surface area contributed by atoms with Crippen molar-refractivity contribution in [3.05, 3.63) is 53.9 Å². The van der Waals surface area contributed by atoms with Crippen LogP contribution >= 0.6 is 0 Å². The van der Waals surface area contributed by atoms with Crippen molar-refractivity contribution >= 4 is 5.91 Å². The van der Waals surface area contributed by atoms with E-state index < -0.39 is 0 Å². The van der Waals surface area contributed by atoms with Crippen molar-refractivity contribution < 1.29 is 4.79 Å². The van der Waals surface area contributed by atoms with Crippen LogP contribution in [0.2, 0.25) is 0 Å². The first-order valence-corrected chi connectivity index (χ1v) is 9.08. The zero-order valence-electron chi connectivity index (χ0n) is 15.6. The van der Waals surface area contributed by atoms with E-state index in [0.29, 0.717) is 12.2 Å². The highest BCUT2D eigenvalue weighted by Gasteiger charge is 2.25. The first kappa shape index (κ1) is 17.5. The summed E-state index contributed by atoms with van der Waals surface area (Å²) in [6, 6.07) is 4.01. The van der Waals surface area contributed by atoms with Gasteiger partial charge in [0.25, 0.3) is 5.91 Å². The number of carbonyl (C=O) groups excluding carboxylic acids is 1. The summed E-state index contributed by atoms with van der Waals surface area (Å²) in [6.07, 6.45) is 8.26. The molecule has 1 N–H and O–H groups in total. The van der Waals surface area contributed by atoms with Gasteiger partial charge in [0.2, 0.25) is 0 Å². The van der Waals surface area contributed by atoms with E-state index in [0.717, 1.165) is 26.1 Å². The fourth-order valence-corrected chi connectivity index (χ4v) is 3.65. The van der Waals surface area contributed by atoms with Crippen molar-refractivity contribution in [2.45, 2.75) is 25.6 Å². The van der Waals surface area contributed by atoms with Crippen molar-refractivity contribution in [2.75, 3.05) is 13.1 Å². The van der Waals surface area contributed by atoms with E-state index in [1.54, 1.807) is 24.0 Å². The Morgan fingerprint density at radius 2 is 2.07 bits per heavy atom.